The summed E-state index contributed by atoms with van der Waals surface area (Å²) in [4.78, 5) is 15.5. The molecule has 0 spiro atoms. The summed E-state index contributed by atoms with van der Waals surface area (Å²) >= 11 is 0. The van der Waals surface area contributed by atoms with Crippen LogP contribution in [0.25, 0.3) is 10.9 Å². The molecule has 0 saturated carbocycles. The third kappa shape index (κ3) is 2.19. The standard InChI is InChI=1S/C17H11FN2O/c1-10-2-4-12(7-15(10)18)17(21)14-9-20-16-5-3-11(8-19)6-13(14)16/h2-7,9,20H,1H3. The third-order valence-corrected chi connectivity index (χ3v) is 3.49. The zero-order valence-corrected chi connectivity index (χ0v) is 11.3. The van der Waals surface area contributed by atoms with E-state index in [1.807, 2.05) is 6.07 Å². The molecule has 0 aliphatic heterocycles. The highest BCUT2D eigenvalue weighted by atomic mass is 19.1. The molecule has 3 aromatic rings. The molecule has 0 fully saturated rings. The molecule has 4 heteroatoms. The molecule has 1 aromatic heterocycles. The average molecular weight is 278 g/mol. The monoisotopic (exact) mass is 278 g/mol. The first-order valence-corrected chi connectivity index (χ1v) is 6.42. The van der Waals surface area contributed by atoms with Gasteiger partial charge in [0, 0.05) is 28.2 Å². The molecule has 3 nitrogen and oxygen atoms in total. The van der Waals surface area contributed by atoms with Crippen molar-refractivity contribution in [3.05, 3.63) is 70.7 Å². The molecule has 102 valence electrons. The summed E-state index contributed by atoms with van der Waals surface area (Å²) in [5.74, 6) is -0.673. The quantitative estimate of drug-likeness (QED) is 0.726. The lowest BCUT2D eigenvalue weighted by atomic mass is 10.0. The summed E-state index contributed by atoms with van der Waals surface area (Å²) in [6, 6.07) is 11.6. The van der Waals surface area contributed by atoms with Crippen molar-refractivity contribution < 1.29 is 9.18 Å². The van der Waals surface area contributed by atoms with Gasteiger partial charge in [-0.3, -0.25) is 4.79 Å². The number of ketones is 1. The average Bonchev–Trinajstić information content (AvgIpc) is 2.92. The first-order chi connectivity index (χ1) is 10.1. The van der Waals surface area contributed by atoms with E-state index < -0.39 is 5.82 Å². The van der Waals surface area contributed by atoms with Crippen molar-refractivity contribution >= 4 is 16.7 Å². The summed E-state index contributed by atoms with van der Waals surface area (Å²) < 4.78 is 13.6. The van der Waals surface area contributed by atoms with Crippen LogP contribution in [-0.4, -0.2) is 10.8 Å². The van der Waals surface area contributed by atoms with Crippen molar-refractivity contribution in [2.75, 3.05) is 0 Å². The van der Waals surface area contributed by atoms with Gasteiger partial charge in [-0.1, -0.05) is 12.1 Å². The Morgan fingerprint density at radius 3 is 2.76 bits per heavy atom. The lowest BCUT2D eigenvalue weighted by Crippen LogP contribution is -2.01. The van der Waals surface area contributed by atoms with E-state index in [4.69, 9.17) is 5.26 Å². The smallest absolute Gasteiger partial charge is 0.195 e. The highest BCUT2D eigenvalue weighted by molar-refractivity contribution is 6.16. The van der Waals surface area contributed by atoms with Crippen LogP contribution < -0.4 is 0 Å². The van der Waals surface area contributed by atoms with Crippen LogP contribution in [0.4, 0.5) is 4.39 Å². The van der Waals surface area contributed by atoms with Crippen LogP contribution in [0.1, 0.15) is 27.0 Å². The lowest BCUT2D eigenvalue weighted by molar-refractivity contribution is 0.104. The normalized spacial score (nSPS) is 10.5. The number of aryl methyl sites for hydroxylation is 1. The van der Waals surface area contributed by atoms with E-state index in [0.29, 0.717) is 27.6 Å². The molecule has 0 unspecified atom stereocenters. The summed E-state index contributed by atoms with van der Waals surface area (Å²) in [7, 11) is 0. The van der Waals surface area contributed by atoms with Crippen molar-refractivity contribution in [2.45, 2.75) is 6.92 Å². The van der Waals surface area contributed by atoms with Crippen LogP contribution in [0.5, 0.6) is 0 Å². The number of carbonyl (C=O) groups is 1. The molecular formula is C17H11FN2O. The SMILES string of the molecule is Cc1ccc(C(=O)c2c[nH]c3ccc(C#N)cc23)cc1F. The van der Waals surface area contributed by atoms with Crippen molar-refractivity contribution in [3.63, 3.8) is 0 Å². The first kappa shape index (κ1) is 13.1. The minimum absolute atomic E-state index is 0.268. The number of hydrogen-bond acceptors (Lipinski definition) is 2. The van der Waals surface area contributed by atoms with E-state index in [-0.39, 0.29) is 5.78 Å². The molecule has 0 atom stereocenters. The van der Waals surface area contributed by atoms with Gasteiger partial charge in [-0.25, -0.2) is 4.39 Å². The summed E-state index contributed by atoms with van der Waals surface area (Å²) in [6.07, 6.45) is 1.59. The number of hydrogen-bond donors (Lipinski definition) is 1. The van der Waals surface area contributed by atoms with Gasteiger partial charge in [0.1, 0.15) is 5.82 Å². The zero-order chi connectivity index (χ0) is 15.0. The summed E-state index contributed by atoms with van der Waals surface area (Å²) in [5, 5.41) is 9.62. The molecule has 1 N–H and O–H groups in total. The number of fused-ring (bicyclic) bond motifs is 1. The van der Waals surface area contributed by atoms with E-state index in [0.717, 1.165) is 5.52 Å². The fourth-order valence-electron chi connectivity index (χ4n) is 2.27. The van der Waals surface area contributed by atoms with E-state index in [2.05, 4.69) is 4.98 Å². The van der Waals surface area contributed by atoms with Gasteiger partial charge in [0.15, 0.2) is 5.78 Å². The van der Waals surface area contributed by atoms with Crippen LogP contribution in [0.3, 0.4) is 0 Å². The first-order valence-electron chi connectivity index (χ1n) is 6.42. The predicted molar refractivity (Wildman–Crippen MR) is 77.6 cm³/mol. The molecule has 21 heavy (non-hydrogen) atoms. The minimum atomic E-state index is -0.404. The minimum Gasteiger partial charge on any atom is -0.360 e. The maximum absolute atomic E-state index is 13.6. The number of nitrogens with zero attached hydrogens (tertiary/aromatic N) is 1. The summed E-state index contributed by atoms with van der Waals surface area (Å²) in [5.41, 5.74) is 2.47. The highest BCUT2D eigenvalue weighted by Crippen LogP contribution is 2.23. The van der Waals surface area contributed by atoms with Crippen molar-refractivity contribution in [2.24, 2.45) is 0 Å². The van der Waals surface area contributed by atoms with Crippen LogP contribution in [0.15, 0.2) is 42.6 Å². The number of rotatable bonds is 2. The second-order valence-electron chi connectivity index (χ2n) is 4.87. The fraction of sp³-hybridized carbons (Fsp3) is 0.0588. The van der Waals surface area contributed by atoms with E-state index in [9.17, 15) is 9.18 Å². The third-order valence-electron chi connectivity index (χ3n) is 3.49. The number of benzene rings is 2. The van der Waals surface area contributed by atoms with Gasteiger partial charge in [-0.2, -0.15) is 5.26 Å². The number of aromatic nitrogens is 1. The molecule has 0 aliphatic carbocycles. The maximum atomic E-state index is 13.6. The second-order valence-corrected chi connectivity index (χ2v) is 4.87. The molecular weight excluding hydrogens is 267 g/mol. The van der Waals surface area contributed by atoms with Gasteiger partial charge in [0.2, 0.25) is 0 Å². The topological polar surface area (TPSA) is 56.6 Å². The Kier molecular flexibility index (Phi) is 3.03. The van der Waals surface area contributed by atoms with Gasteiger partial charge >= 0.3 is 0 Å². The molecule has 3 rings (SSSR count). The van der Waals surface area contributed by atoms with Crippen LogP contribution in [0.2, 0.25) is 0 Å². The van der Waals surface area contributed by atoms with Crippen LogP contribution in [-0.2, 0) is 0 Å². The van der Waals surface area contributed by atoms with E-state index in [1.165, 1.54) is 6.07 Å². The fourth-order valence-corrected chi connectivity index (χ4v) is 2.27. The number of carbonyl (C=O) groups excluding carboxylic acids is 1. The van der Waals surface area contributed by atoms with Gasteiger partial charge in [0.05, 0.1) is 11.6 Å². The van der Waals surface area contributed by atoms with Crippen molar-refractivity contribution in [3.8, 4) is 6.07 Å². The van der Waals surface area contributed by atoms with Gasteiger partial charge in [0.25, 0.3) is 0 Å². The largest absolute Gasteiger partial charge is 0.360 e. The zero-order valence-electron chi connectivity index (χ0n) is 11.3. The van der Waals surface area contributed by atoms with Crippen molar-refractivity contribution in [1.82, 2.24) is 4.98 Å². The Bertz CT molecular complexity index is 903. The van der Waals surface area contributed by atoms with Gasteiger partial charge in [-0.15, -0.1) is 0 Å². The lowest BCUT2D eigenvalue weighted by Gasteiger charge is -2.02. The molecule has 0 saturated heterocycles. The Hall–Kier alpha value is -2.93. The van der Waals surface area contributed by atoms with E-state index in [1.54, 1.807) is 43.5 Å². The molecule has 0 amide bonds. The molecule has 2 aromatic carbocycles. The Morgan fingerprint density at radius 2 is 2.05 bits per heavy atom. The number of aromatic amines is 1. The Labute approximate surface area is 120 Å². The van der Waals surface area contributed by atoms with Gasteiger partial charge < -0.3 is 4.98 Å². The van der Waals surface area contributed by atoms with Crippen LogP contribution in [0, 0.1) is 24.1 Å². The molecule has 0 bridgehead atoms. The Morgan fingerprint density at radius 1 is 1.24 bits per heavy atom. The van der Waals surface area contributed by atoms with Gasteiger partial charge in [-0.05, 0) is 36.8 Å². The molecule has 1 heterocycles. The number of nitrogens with one attached hydrogen (secondary N) is 1. The molecule has 0 radical (unpaired) electrons. The maximum Gasteiger partial charge on any atom is 0.195 e. The second kappa shape index (κ2) is 4.88. The van der Waals surface area contributed by atoms with Crippen LogP contribution >= 0.6 is 0 Å². The number of halogens is 1. The van der Waals surface area contributed by atoms with E-state index >= 15 is 0 Å². The molecule has 0 aliphatic rings. The summed E-state index contributed by atoms with van der Waals surface area (Å²) in [6.45, 7) is 1.65. The Balaban J connectivity index is 2.13. The number of H-pyrrole nitrogens is 1. The van der Waals surface area contributed by atoms with Crippen molar-refractivity contribution in [1.29, 1.82) is 5.26 Å². The predicted octanol–water partition coefficient (Wildman–Crippen LogP) is 3.72. The highest BCUT2D eigenvalue weighted by Gasteiger charge is 2.15. The number of nitriles is 1.